The standard InChI is InChI=1S/C27H29NO3/c1-4-30-26-12-10-22(16-24(26)18-31-25-11-9-19(2)20(3)15-25)27(29)28-14-13-21-7-5-6-8-23(21)17-28/h5-12,15-16H,4,13-14,17-18H2,1-3H3. The number of hydrogen-bond donors (Lipinski definition) is 0. The van der Waals surface area contributed by atoms with Crippen LogP contribution in [0.1, 0.15) is 45.1 Å². The molecule has 31 heavy (non-hydrogen) atoms. The summed E-state index contributed by atoms with van der Waals surface area (Å²) in [6.45, 7) is 8.41. The minimum atomic E-state index is 0.0463. The van der Waals surface area contributed by atoms with Crippen molar-refractivity contribution in [2.24, 2.45) is 0 Å². The second-order valence-electron chi connectivity index (χ2n) is 8.04. The van der Waals surface area contributed by atoms with Crippen molar-refractivity contribution in [3.63, 3.8) is 0 Å². The lowest BCUT2D eigenvalue weighted by Crippen LogP contribution is -2.36. The molecule has 0 spiro atoms. The van der Waals surface area contributed by atoms with Gasteiger partial charge in [0.05, 0.1) is 6.61 Å². The number of rotatable bonds is 6. The molecule has 0 radical (unpaired) electrons. The highest BCUT2D eigenvalue weighted by molar-refractivity contribution is 5.94. The summed E-state index contributed by atoms with van der Waals surface area (Å²) >= 11 is 0. The van der Waals surface area contributed by atoms with Crippen LogP contribution in [0.25, 0.3) is 0 Å². The smallest absolute Gasteiger partial charge is 0.254 e. The highest BCUT2D eigenvalue weighted by Gasteiger charge is 2.22. The zero-order valence-corrected chi connectivity index (χ0v) is 18.5. The van der Waals surface area contributed by atoms with Gasteiger partial charge in [-0.1, -0.05) is 30.3 Å². The minimum Gasteiger partial charge on any atom is -0.493 e. The Morgan fingerprint density at radius 1 is 0.935 bits per heavy atom. The lowest BCUT2D eigenvalue weighted by molar-refractivity contribution is 0.0734. The molecule has 0 aromatic heterocycles. The number of benzene rings is 3. The van der Waals surface area contributed by atoms with E-state index in [1.54, 1.807) is 0 Å². The van der Waals surface area contributed by atoms with Crippen LogP contribution in [0.15, 0.2) is 60.7 Å². The summed E-state index contributed by atoms with van der Waals surface area (Å²) in [5, 5.41) is 0. The van der Waals surface area contributed by atoms with Crippen molar-refractivity contribution in [2.75, 3.05) is 13.2 Å². The molecule has 0 atom stereocenters. The normalized spacial score (nSPS) is 12.9. The number of nitrogens with zero attached hydrogens (tertiary/aromatic N) is 1. The molecule has 0 N–H and O–H groups in total. The second kappa shape index (κ2) is 9.25. The molecule has 1 aliphatic heterocycles. The van der Waals surface area contributed by atoms with E-state index in [1.807, 2.05) is 48.2 Å². The molecule has 0 saturated carbocycles. The van der Waals surface area contributed by atoms with Crippen molar-refractivity contribution in [1.82, 2.24) is 4.90 Å². The fraction of sp³-hybridized carbons (Fsp3) is 0.296. The molecule has 0 unspecified atom stereocenters. The number of aryl methyl sites for hydroxylation is 2. The molecule has 4 heteroatoms. The highest BCUT2D eigenvalue weighted by Crippen LogP contribution is 2.26. The first kappa shape index (κ1) is 21.0. The predicted molar refractivity (Wildman–Crippen MR) is 123 cm³/mol. The SMILES string of the molecule is CCOc1ccc(C(=O)N2CCc3ccccc3C2)cc1COc1ccc(C)c(C)c1. The van der Waals surface area contributed by atoms with Gasteiger partial charge in [0.15, 0.2) is 0 Å². The lowest BCUT2D eigenvalue weighted by Gasteiger charge is -2.29. The fourth-order valence-electron chi connectivity index (χ4n) is 3.94. The van der Waals surface area contributed by atoms with Gasteiger partial charge in [-0.15, -0.1) is 0 Å². The van der Waals surface area contributed by atoms with Gasteiger partial charge >= 0.3 is 0 Å². The van der Waals surface area contributed by atoms with E-state index in [4.69, 9.17) is 9.47 Å². The van der Waals surface area contributed by atoms with Crippen LogP contribution in [0.3, 0.4) is 0 Å². The Labute approximate surface area is 184 Å². The van der Waals surface area contributed by atoms with E-state index in [-0.39, 0.29) is 5.91 Å². The Bertz CT molecular complexity index is 1090. The maximum absolute atomic E-state index is 13.2. The average Bonchev–Trinajstić information content (AvgIpc) is 2.80. The number of hydrogen-bond acceptors (Lipinski definition) is 3. The van der Waals surface area contributed by atoms with Crippen molar-refractivity contribution in [3.05, 3.63) is 94.0 Å². The Morgan fingerprint density at radius 2 is 1.74 bits per heavy atom. The van der Waals surface area contributed by atoms with Crippen LogP contribution in [0.2, 0.25) is 0 Å². The minimum absolute atomic E-state index is 0.0463. The van der Waals surface area contributed by atoms with Crippen LogP contribution in [0, 0.1) is 13.8 Å². The topological polar surface area (TPSA) is 38.8 Å². The Kier molecular flexibility index (Phi) is 6.26. The molecule has 1 amide bonds. The van der Waals surface area contributed by atoms with Crippen LogP contribution in [0.4, 0.5) is 0 Å². The van der Waals surface area contributed by atoms with Gasteiger partial charge in [-0.05, 0) is 79.8 Å². The van der Waals surface area contributed by atoms with Gasteiger partial charge < -0.3 is 14.4 Å². The number of carbonyl (C=O) groups excluding carboxylic acids is 1. The number of carbonyl (C=O) groups is 1. The predicted octanol–water partition coefficient (Wildman–Crippen LogP) is 5.48. The lowest BCUT2D eigenvalue weighted by atomic mass is 9.99. The molecule has 160 valence electrons. The van der Waals surface area contributed by atoms with Crippen LogP contribution in [0.5, 0.6) is 11.5 Å². The number of fused-ring (bicyclic) bond motifs is 1. The largest absolute Gasteiger partial charge is 0.493 e. The maximum atomic E-state index is 13.2. The van der Waals surface area contributed by atoms with E-state index >= 15 is 0 Å². The molecule has 0 fully saturated rings. The van der Waals surface area contributed by atoms with E-state index in [0.717, 1.165) is 30.0 Å². The van der Waals surface area contributed by atoms with E-state index in [0.29, 0.717) is 25.3 Å². The quantitative estimate of drug-likeness (QED) is 0.535. The Balaban J connectivity index is 1.53. The van der Waals surface area contributed by atoms with Crippen LogP contribution in [-0.2, 0) is 19.6 Å². The summed E-state index contributed by atoms with van der Waals surface area (Å²) < 4.78 is 11.8. The molecule has 3 aromatic carbocycles. The van der Waals surface area contributed by atoms with Gasteiger partial charge in [0.25, 0.3) is 5.91 Å². The molecule has 4 rings (SSSR count). The van der Waals surface area contributed by atoms with Gasteiger partial charge in [-0.2, -0.15) is 0 Å². The van der Waals surface area contributed by atoms with Gasteiger partial charge in [0, 0.05) is 24.2 Å². The highest BCUT2D eigenvalue weighted by atomic mass is 16.5. The average molecular weight is 416 g/mol. The summed E-state index contributed by atoms with van der Waals surface area (Å²) in [4.78, 5) is 15.2. The third-order valence-corrected chi connectivity index (χ3v) is 5.90. The van der Waals surface area contributed by atoms with Crippen molar-refractivity contribution in [3.8, 4) is 11.5 Å². The molecular formula is C27H29NO3. The third-order valence-electron chi connectivity index (χ3n) is 5.90. The Hall–Kier alpha value is -3.27. The molecule has 0 aliphatic carbocycles. The van der Waals surface area contributed by atoms with Crippen LogP contribution >= 0.6 is 0 Å². The first-order valence-electron chi connectivity index (χ1n) is 10.9. The molecule has 1 heterocycles. The summed E-state index contributed by atoms with van der Waals surface area (Å²) in [5.41, 5.74) is 6.53. The van der Waals surface area contributed by atoms with Crippen LogP contribution < -0.4 is 9.47 Å². The zero-order chi connectivity index (χ0) is 21.8. The van der Waals surface area contributed by atoms with Crippen molar-refractivity contribution >= 4 is 5.91 Å². The molecule has 0 bridgehead atoms. The monoisotopic (exact) mass is 415 g/mol. The van der Waals surface area contributed by atoms with Crippen molar-refractivity contribution in [1.29, 1.82) is 0 Å². The molecular weight excluding hydrogens is 386 g/mol. The Morgan fingerprint density at radius 3 is 2.52 bits per heavy atom. The van der Waals surface area contributed by atoms with Gasteiger partial charge in [0.1, 0.15) is 18.1 Å². The number of ether oxygens (including phenoxy) is 2. The molecule has 0 saturated heterocycles. The molecule has 1 aliphatic rings. The van der Waals surface area contributed by atoms with E-state index in [2.05, 4.69) is 38.1 Å². The summed E-state index contributed by atoms with van der Waals surface area (Å²) in [6, 6.07) is 20.1. The van der Waals surface area contributed by atoms with E-state index in [9.17, 15) is 4.79 Å². The van der Waals surface area contributed by atoms with E-state index in [1.165, 1.54) is 22.3 Å². The van der Waals surface area contributed by atoms with Crippen LogP contribution in [-0.4, -0.2) is 24.0 Å². The van der Waals surface area contributed by atoms with Gasteiger partial charge in [-0.3, -0.25) is 4.79 Å². The molecule has 3 aromatic rings. The van der Waals surface area contributed by atoms with E-state index < -0.39 is 0 Å². The van der Waals surface area contributed by atoms with Gasteiger partial charge in [0.2, 0.25) is 0 Å². The molecule has 4 nitrogen and oxygen atoms in total. The first-order chi connectivity index (χ1) is 15.0. The fourth-order valence-corrected chi connectivity index (χ4v) is 3.94. The zero-order valence-electron chi connectivity index (χ0n) is 18.5. The summed E-state index contributed by atoms with van der Waals surface area (Å²) in [6.07, 6.45) is 0.891. The first-order valence-corrected chi connectivity index (χ1v) is 10.9. The second-order valence-corrected chi connectivity index (χ2v) is 8.04. The van der Waals surface area contributed by atoms with Crippen molar-refractivity contribution < 1.29 is 14.3 Å². The number of amides is 1. The van der Waals surface area contributed by atoms with Crippen molar-refractivity contribution in [2.45, 2.75) is 40.3 Å². The van der Waals surface area contributed by atoms with Gasteiger partial charge in [-0.25, -0.2) is 0 Å². The maximum Gasteiger partial charge on any atom is 0.254 e. The third kappa shape index (κ3) is 4.74. The summed E-state index contributed by atoms with van der Waals surface area (Å²) in [5.74, 6) is 1.62. The summed E-state index contributed by atoms with van der Waals surface area (Å²) in [7, 11) is 0.